The number of morpholine rings is 1. The molecule has 2 aromatic rings. The van der Waals surface area contributed by atoms with E-state index in [4.69, 9.17) is 9.72 Å². The van der Waals surface area contributed by atoms with Gasteiger partial charge in [-0.1, -0.05) is 6.07 Å². The molecule has 21 heavy (non-hydrogen) atoms. The highest BCUT2D eigenvalue weighted by Gasteiger charge is 2.27. The summed E-state index contributed by atoms with van der Waals surface area (Å²) in [6.07, 6.45) is 0. The third-order valence-corrected chi connectivity index (χ3v) is 4.00. The molecule has 0 saturated carbocycles. The lowest BCUT2D eigenvalue weighted by Gasteiger charge is -2.29. The number of fused-ring (bicyclic) bond motifs is 1. The van der Waals surface area contributed by atoms with Crippen molar-refractivity contribution in [2.75, 3.05) is 43.1 Å². The van der Waals surface area contributed by atoms with Crippen LogP contribution in [0.1, 0.15) is 5.69 Å². The highest BCUT2D eigenvalue weighted by atomic mass is 16.5. The summed E-state index contributed by atoms with van der Waals surface area (Å²) in [6.45, 7) is 7.28. The van der Waals surface area contributed by atoms with Gasteiger partial charge < -0.3 is 15.0 Å². The van der Waals surface area contributed by atoms with Crippen molar-refractivity contribution in [1.29, 1.82) is 0 Å². The maximum atomic E-state index is 5.48. The molecular weight excluding hydrogens is 266 g/mol. The first kappa shape index (κ1) is 12.6. The molecule has 0 aliphatic carbocycles. The van der Waals surface area contributed by atoms with Crippen LogP contribution < -0.4 is 10.2 Å². The van der Waals surface area contributed by atoms with E-state index in [1.54, 1.807) is 0 Å². The van der Waals surface area contributed by atoms with Gasteiger partial charge in [-0.25, -0.2) is 4.98 Å². The number of pyridine rings is 1. The molecule has 1 saturated heterocycles. The van der Waals surface area contributed by atoms with Gasteiger partial charge in [0.1, 0.15) is 11.5 Å². The van der Waals surface area contributed by atoms with E-state index in [9.17, 15) is 0 Å². The summed E-state index contributed by atoms with van der Waals surface area (Å²) >= 11 is 0. The predicted molar refractivity (Wildman–Crippen MR) is 81.7 cm³/mol. The average molecular weight is 285 g/mol. The zero-order valence-corrected chi connectivity index (χ0v) is 12.2. The van der Waals surface area contributed by atoms with E-state index >= 15 is 0 Å². The van der Waals surface area contributed by atoms with Crippen molar-refractivity contribution in [3.8, 4) is 11.4 Å². The summed E-state index contributed by atoms with van der Waals surface area (Å²) in [5.41, 5.74) is 2.93. The lowest BCUT2D eigenvalue weighted by molar-refractivity contribution is 0.122. The number of hydrogen-bond donors (Lipinski definition) is 1. The molecule has 110 valence electrons. The van der Waals surface area contributed by atoms with Crippen molar-refractivity contribution in [1.82, 2.24) is 14.5 Å². The van der Waals surface area contributed by atoms with E-state index in [1.165, 1.54) is 5.82 Å². The monoisotopic (exact) mass is 285 g/mol. The number of nitrogens with one attached hydrogen (secondary N) is 1. The maximum absolute atomic E-state index is 5.48. The Morgan fingerprint density at radius 1 is 1.14 bits per heavy atom. The zero-order valence-electron chi connectivity index (χ0n) is 12.2. The van der Waals surface area contributed by atoms with Crippen LogP contribution in [0.15, 0.2) is 18.2 Å². The van der Waals surface area contributed by atoms with Crippen LogP contribution in [0.3, 0.4) is 0 Å². The van der Waals surface area contributed by atoms with Crippen LogP contribution in [0.4, 0.5) is 11.8 Å². The number of aryl methyl sites for hydroxylation is 1. The van der Waals surface area contributed by atoms with Crippen LogP contribution in [0, 0.1) is 6.92 Å². The van der Waals surface area contributed by atoms with Gasteiger partial charge in [0.05, 0.1) is 18.9 Å². The van der Waals surface area contributed by atoms with Crippen LogP contribution in [-0.2, 0) is 11.3 Å². The van der Waals surface area contributed by atoms with Crippen LogP contribution in [0.25, 0.3) is 11.4 Å². The highest BCUT2D eigenvalue weighted by molar-refractivity contribution is 5.74. The number of imidazole rings is 1. The Kier molecular flexibility index (Phi) is 3.03. The van der Waals surface area contributed by atoms with Crippen LogP contribution in [0.5, 0.6) is 0 Å². The minimum absolute atomic E-state index is 0.772. The molecule has 2 aromatic heterocycles. The normalized spacial score (nSPS) is 17.7. The first-order valence-corrected chi connectivity index (χ1v) is 7.44. The Balaban J connectivity index is 1.83. The summed E-state index contributed by atoms with van der Waals surface area (Å²) in [7, 11) is 0. The Morgan fingerprint density at radius 2 is 2.00 bits per heavy atom. The number of ether oxygens (including phenoxy) is 1. The maximum Gasteiger partial charge on any atom is 0.205 e. The van der Waals surface area contributed by atoms with Crippen LogP contribution in [-0.4, -0.2) is 47.4 Å². The minimum Gasteiger partial charge on any atom is -0.378 e. The molecule has 0 aromatic carbocycles. The van der Waals surface area contributed by atoms with Gasteiger partial charge in [0.2, 0.25) is 5.95 Å². The first-order valence-electron chi connectivity index (χ1n) is 7.44. The second-order valence-corrected chi connectivity index (χ2v) is 5.45. The van der Waals surface area contributed by atoms with E-state index in [-0.39, 0.29) is 0 Å². The molecule has 6 heteroatoms. The zero-order chi connectivity index (χ0) is 14.2. The van der Waals surface area contributed by atoms with Crippen molar-refractivity contribution in [3.63, 3.8) is 0 Å². The molecule has 1 fully saturated rings. The number of hydrogen-bond acceptors (Lipinski definition) is 5. The third kappa shape index (κ3) is 2.15. The minimum atomic E-state index is 0.772. The largest absolute Gasteiger partial charge is 0.378 e. The van der Waals surface area contributed by atoms with Crippen molar-refractivity contribution >= 4 is 11.8 Å². The summed E-state index contributed by atoms with van der Waals surface area (Å²) in [5, 5.41) is 3.35. The standard InChI is InChI=1S/C15H19N5O/c1-11-3-2-4-12(17-11)13-14(19-7-9-21-10-8-19)20-6-5-16-15(20)18-13/h2-4H,5-10H2,1H3,(H,16,18). The summed E-state index contributed by atoms with van der Waals surface area (Å²) < 4.78 is 7.75. The lowest BCUT2D eigenvalue weighted by Crippen LogP contribution is -2.37. The summed E-state index contributed by atoms with van der Waals surface area (Å²) in [6, 6.07) is 6.09. The highest BCUT2D eigenvalue weighted by Crippen LogP contribution is 2.35. The van der Waals surface area contributed by atoms with Gasteiger partial charge in [0.25, 0.3) is 0 Å². The van der Waals surface area contributed by atoms with Gasteiger partial charge in [0.15, 0.2) is 0 Å². The van der Waals surface area contributed by atoms with Gasteiger partial charge in [-0.2, -0.15) is 0 Å². The van der Waals surface area contributed by atoms with E-state index < -0.39 is 0 Å². The second kappa shape index (κ2) is 5.04. The van der Waals surface area contributed by atoms with Gasteiger partial charge in [-0.05, 0) is 19.1 Å². The average Bonchev–Trinajstić information content (AvgIpc) is 3.08. The first-order chi connectivity index (χ1) is 10.3. The van der Waals surface area contributed by atoms with Crippen LogP contribution in [0.2, 0.25) is 0 Å². The molecule has 4 rings (SSSR count). The number of rotatable bonds is 2. The Bertz CT molecular complexity index is 660. The molecule has 0 radical (unpaired) electrons. The lowest BCUT2D eigenvalue weighted by atomic mass is 10.2. The summed E-state index contributed by atoms with van der Waals surface area (Å²) in [5.74, 6) is 2.13. The molecule has 0 amide bonds. The Morgan fingerprint density at radius 3 is 2.81 bits per heavy atom. The van der Waals surface area contributed by atoms with Gasteiger partial charge in [0, 0.05) is 31.9 Å². The van der Waals surface area contributed by atoms with E-state index in [0.717, 1.165) is 62.4 Å². The van der Waals surface area contributed by atoms with Crippen molar-refractivity contribution in [2.45, 2.75) is 13.5 Å². The van der Waals surface area contributed by atoms with Gasteiger partial charge in [-0.3, -0.25) is 9.55 Å². The molecule has 6 nitrogen and oxygen atoms in total. The van der Waals surface area contributed by atoms with Crippen molar-refractivity contribution in [3.05, 3.63) is 23.9 Å². The Hall–Kier alpha value is -2.08. The fraction of sp³-hybridized carbons (Fsp3) is 0.467. The Labute approximate surface area is 123 Å². The van der Waals surface area contributed by atoms with Gasteiger partial charge in [-0.15, -0.1) is 0 Å². The quantitative estimate of drug-likeness (QED) is 0.906. The third-order valence-electron chi connectivity index (χ3n) is 4.00. The smallest absolute Gasteiger partial charge is 0.205 e. The second-order valence-electron chi connectivity index (χ2n) is 5.45. The fourth-order valence-electron chi connectivity index (χ4n) is 3.01. The molecule has 2 aliphatic rings. The van der Waals surface area contributed by atoms with Gasteiger partial charge >= 0.3 is 0 Å². The molecule has 1 N–H and O–H groups in total. The summed E-state index contributed by atoms with van der Waals surface area (Å²) in [4.78, 5) is 11.8. The van der Waals surface area contributed by atoms with Crippen molar-refractivity contribution in [2.24, 2.45) is 0 Å². The topological polar surface area (TPSA) is 55.2 Å². The molecule has 0 bridgehead atoms. The molecule has 4 heterocycles. The number of nitrogens with zero attached hydrogens (tertiary/aromatic N) is 4. The molecule has 0 atom stereocenters. The molecule has 2 aliphatic heterocycles. The van der Waals surface area contributed by atoms with E-state index in [0.29, 0.717) is 0 Å². The van der Waals surface area contributed by atoms with Crippen LogP contribution >= 0.6 is 0 Å². The number of anilines is 2. The fourth-order valence-corrected chi connectivity index (χ4v) is 3.01. The number of aromatic nitrogens is 3. The van der Waals surface area contributed by atoms with Crippen molar-refractivity contribution < 1.29 is 4.74 Å². The van der Waals surface area contributed by atoms with E-state index in [2.05, 4.69) is 19.8 Å². The SMILES string of the molecule is Cc1cccc(-c2nc3n(c2N2CCOCC2)CCN3)n1. The molecule has 0 spiro atoms. The predicted octanol–water partition coefficient (Wildman–Crippen LogP) is 1.52. The molecular formula is C15H19N5O. The molecule has 0 unspecified atom stereocenters. The van der Waals surface area contributed by atoms with E-state index in [1.807, 2.05) is 25.1 Å².